The fourth-order valence-electron chi connectivity index (χ4n) is 7.71. The highest BCUT2D eigenvalue weighted by atomic mass is 35.5. The summed E-state index contributed by atoms with van der Waals surface area (Å²) in [6.45, 7) is 9.43. The highest BCUT2D eigenvalue weighted by Crippen LogP contribution is 2.61. The van der Waals surface area contributed by atoms with E-state index in [9.17, 15) is 15.0 Å². The Morgan fingerprint density at radius 3 is 2.48 bits per heavy atom. The Hall–Kier alpha value is -2.85. The van der Waals surface area contributed by atoms with Crippen LogP contribution in [-0.2, 0) is 13.0 Å². The van der Waals surface area contributed by atoms with Crippen molar-refractivity contribution in [3.8, 4) is 0 Å². The molecule has 8 rings (SSSR count). The topological polar surface area (TPSA) is 106 Å². The lowest BCUT2D eigenvalue weighted by molar-refractivity contribution is -0.108. The van der Waals surface area contributed by atoms with Crippen molar-refractivity contribution in [1.82, 2.24) is 14.5 Å². The Balaban J connectivity index is 1.19. The molecule has 5 fully saturated rings. The van der Waals surface area contributed by atoms with Crippen LogP contribution in [0, 0.1) is 23.2 Å². The van der Waals surface area contributed by atoms with E-state index in [0.29, 0.717) is 89.2 Å². The van der Waals surface area contributed by atoms with E-state index in [4.69, 9.17) is 33.2 Å². The van der Waals surface area contributed by atoms with Crippen LogP contribution in [0.25, 0.3) is 10.9 Å². The molecule has 0 radical (unpaired) electrons. The summed E-state index contributed by atoms with van der Waals surface area (Å²) >= 11 is 12.5. The molecule has 234 valence electrons. The van der Waals surface area contributed by atoms with Crippen LogP contribution in [0.1, 0.15) is 39.2 Å². The third-order valence-electron chi connectivity index (χ3n) is 10.7. The maximum absolute atomic E-state index is 13.9. The minimum absolute atomic E-state index is 0.138. The Morgan fingerprint density at radius 2 is 1.82 bits per heavy atom. The number of fused-ring (bicyclic) bond motifs is 3. The van der Waals surface area contributed by atoms with Gasteiger partial charge in [-0.3, -0.25) is 9.36 Å². The first kappa shape index (κ1) is 29.8. The van der Waals surface area contributed by atoms with Crippen molar-refractivity contribution in [1.29, 1.82) is 0 Å². The van der Waals surface area contributed by atoms with E-state index in [2.05, 4.69) is 31.0 Å². The number of aromatic nitrogens is 2. The van der Waals surface area contributed by atoms with E-state index in [1.807, 2.05) is 29.2 Å². The Kier molecular flexibility index (Phi) is 7.59. The fraction of sp³-hybridized carbons (Fsp3) is 0.545. The highest BCUT2D eigenvalue weighted by molar-refractivity contribution is 6.35. The molecular weight excluding hydrogens is 599 g/mol. The summed E-state index contributed by atoms with van der Waals surface area (Å²) in [5.41, 5.74) is 2.51. The number of guanidine groups is 1. The number of aryl methyl sites for hydroxylation is 1. The lowest BCUT2D eigenvalue weighted by Crippen LogP contribution is -2.58. The lowest BCUT2D eigenvalue weighted by atomic mass is 9.45. The van der Waals surface area contributed by atoms with Gasteiger partial charge in [-0.15, -0.1) is 0 Å². The Bertz CT molecular complexity index is 1680. The summed E-state index contributed by atoms with van der Waals surface area (Å²) in [6.07, 6.45) is 2.11. The molecule has 2 aliphatic heterocycles. The first-order valence-electron chi connectivity index (χ1n) is 15.7. The zero-order valence-corrected chi connectivity index (χ0v) is 26.9. The van der Waals surface area contributed by atoms with Crippen molar-refractivity contribution in [2.45, 2.75) is 64.8 Å². The molecule has 1 aromatic heterocycles. The molecule has 3 aliphatic carbocycles. The number of anilines is 2. The van der Waals surface area contributed by atoms with Crippen LogP contribution in [0.4, 0.5) is 11.6 Å². The molecule has 2 bridgehead atoms. The van der Waals surface area contributed by atoms with E-state index in [1.165, 1.54) is 6.42 Å². The van der Waals surface area contributed by atoms with Crippen LogP contribution in [-0.4, -0.2) is 75.1 Å². The smallest absolute Gasteiger partial charge is 0.262 e. The minimum atomic E-state index is -0.445. The number of aliphatic hydroxyl groups is 2. The molecule has 0 amide bonds. The van der Waals surface area contributed by atoms with E-state index in [-0.39, 0.29) is 17.7 Å². The zero-order chi connectivity index (χ0) is 30.9. The number of rotatable bonds is 6. The van der Waals surface area contributed by atoms with Crippen LogP contribution in [0.5, 0.6) is 0 Å². The van der Waals surface area contributed by atoms with Crippen molar-refractivity contribution < 1.29 is 10.2 Å². The van der Waals surface area contributed by atoms with E-state index in [1.54, 1.807) is 16.7 Å². The van der Waals surface area contributed by atoms with Crippen LogP contribution in [0.3, 0.4) is 0 Å². The molecule has 11 heteroatoms. The molecule has 9 nitrogen and oxygen atoms in total. The van der Waals surface area contributed by atoms with Crippen LogP contribution in [0.15, 0.2) is 46.2 Å². The summed E-state index contributed by atoms with van der Waals surface area (Å²) in [6, 6.07) is 11.2. The monoisotopic (exact) mass is 638 g/mol. The molecule has 3 heterocycles. The number of β-amino-alcohol motifs (C(OH)–C–C–N with tert-alkyl or cyclic N) is 2. The second-order valence-electron chi connectivity index (χ2n) is 13.8. The first-order chi connectivity index (χ1) is 21.0. The number of benzene rings is 2. The van der Waals surface area contributed by atoms with Gasteiger partial charge in [-0.2, -0.15) is 0 Å². The maximum Gasteiger partial charge on any atom is 0.262 e. The van der Waals surface area contributed by atoms with Gasteiger partial charge >= 0.3 is 0 Å². The van der Waals surface area contributed by atoms with Crippen molar-refractivity contribution in [3.05, 3.63) is 62.4 Å². The summed E-state index contributed by atoms with van der Waals surface area (Å²) in [5.74, 6) is 3.17. The quantitative estimate of drug-likeness (QED) is 0.267. The van der Waals surface area contributed by atoms with Gasteiger partial charge in [0.2, 0.25) is 5.95 Å². The average molecular weight is 640 g/mol. The van der Waals surface area contributed by atoms with Gasteiger partial charge in [0.1, 0.15) is 0 Å². The lowest BCUT2D eigenvalue weighted by Gasteiger charge is -2.61. The highest BCUT2D eigenvalue weighted by Gasteiger charge is 2.56. The molecule has 2 saturated heterocycles. The Morgan fingerprint density at radius 1 is 1.07 bits per heavy atom. The third-order valence-corrected chi connectivity index (χ3v) is 11.3. The third kappa shape index (κ3) is 5.25. The number of halogens is 2. The number of hydrogen-bond donors (Lipinski definition) is 3. The largest absolute Gasteiger partial charge is 0.389 e. The summed E-state index contributed by atoms with van der Waals surface area (Å²) in [7, 11) is 0. The van der Waals surface area contributed by atoms with E-state index in [0.717, 1.165) is 23.6 Å². The zero-order valence-electron chi connectivity index (χ0n) is 25.4. The fourth-order valence-corrected chi connectivity index (χ4v) is 8.21. The number of aliphatic imine (C=N–C) groups is 1. The molecule has 0 unspecified atom stereocenters. The van der Waals surface area contributed by atoms with Crippen molar-refractivity contribution in [2.24, 2.45) is 28.2 Å². The summed E-state index contributed by atoms with van der Waals surface area (Å²) in [5, 5.41) is 25.3. The first-order valence-corrected chi connectivity index (χ1v) is 16.4. The SMILES string of the molecule is C[C@@H]1[C@@H](/N=C(/Nc2ccc3c(=O)n(CCc4ccc(Cl)cc4Cl)c(N4CC(O)C4)nc3c2)N2CC(O)C2)C[C@H]2C[C@@H]1C2(C)C. The van der Waals surface area contributed by atoms with Gasteiger partial charge in [0.05, 0.1) is 29.2 Å². The number of nitrogens with zero attached hydrogens (tertiary/aromatic N) is 5. The van der Waals surface area contributed by atoms with Gasteiger partial charge in [0.25, 0.3) is 5.56 Å². The molecule has 4 atom stereocenters. The van der Waals surface area contributed by atoms with Gasteiger partial charge < -0.3 is 25.3 Å². The molecule has 5 aliphatic rings. The van der Waals surface area contributed by atoms with Gasteiger partial charge in [-0.1, -0.05) is 50.0 Å². The van der Waals surface area contributed by atoms with Gasteiger partial charge in [-0.25, -0.2) is 9.98 Å². The number of hydrogen-bond acceptors (Lipinski definition) is 6. The minimum Gasteiger partial charge on any atom is -0.389 e. The molecule has 3 N–H and O–H groups in total. The van der Waals surface area contributed by atoms with Gasteiger partial charge in [0, 0.05) is 48.5 Å². The normalized spacial score (nSPS) is 26.8. The van der Waals surface area contributed by atoms with Crippen LogP contribution < -0.4 is 15.8 Å². The second kappa shape index (κ2) is 11.2. The predicted octanol–water partition coefficient (Wildman–Crippen LogP) is 4.64. The number of likely N-dealkylation sites (tertiary alicyclic amines) is 1. The number of aliphatic hydroxyl groups excluding tert-OH is 2. The van der Waals surface area contributed by atoms with Gasteiger partial charge in [-0.05, 0) is 78.3 Å². The van der Waals surface area contributed by atoms with E-state index < -0.39 is 6.10 Å². The van der Waals surface area contributed by atoms with Gasteiger partial charge in [0.15, 0.2) is 5.96 Å². The van der Waals surface area contributed by atoms with Crippen LogP contribution >= 0.6 is 23.2 Å². The molecule has 2 aromatic carbocycles. The predicted molar refractivity (Wildman–Crippen MR) is 176 cm³/mol. The molecule has 44 heavy (non-hydrogen) atoms. The summed E-state index contributed by atoms with van der Waals surface area (Å²) in [4.78, 5) is 28.1. The molecule has 3 aromatic rings. The Labute approximate surface area is 267 Å². The number of nitrogens with one attached hydrogen (secondary N) is 1. The second-order valence-corrected chi connectivity index (χ2v) is 14.6. The van der Waals surface area contributed by atoms with Crippen LogP contribution in [0.2, 0.25) is 10.0 Å². The average Bonchev–Trinajstić information content (AvgIpc) is 2.94. The molecule has 0 spiro atoms. The molecule has 3 saturated carbocycles. The standard InChI is InChI=1S/C33H40Cl2N6O3/c1-18-26-10-20(33(26,2)3)11-28(18)37-31(39-14-23(42)15-39)36-22-6-7-25-29(13-22)38-32(40-16-24(43)17-40)41(30(25)44)9-8-19-4-5-21(34)12-27(19)35/h4-7,12-13,18,20,23-24,26,28,42-43H,8-11,14-17H2,1-3H3,(H,36,37)/t18-,20+,26-,28-/m0/s1. The molecular formula is C33H40Cl2N6O3. The summed E-state index contributed by atoms with van der Waals surface area (Å²) < 4.78 is 1.68. The maximum atomic E-state index is 13.9. The van der Waals surface area contributed by atoms with Crippen molar-refractivity contribution in [2.75, 3.05) is 36.4 Å². The van der Waals surface area contributed by atoms with E-state index >= 15 is 0 Å². The van der Waals surface area contributed by atoms with Crippen molar-refractivity contribution >= 4 is 51.7 Å². The van der Waals surface area contributed by atoms with Crippen molar-refractivity contribution in [3.63, 3.8) is 0 Å².